The Morgan fingerprint density at radius 1 is 1.12 bits per heavy atom. The number of fused-ring (bicyclic) bond motifs is 1. The van der Waals surface area contributed by atoms with Crippen LogP contribution in [0.2, 0.25) is 5.02 Å². The normalized spacial score (nSPS) is 28.8. The van der Waals surface area contributed by atoms with Crippen LogP contribution in [-0.2, 0) is 11.3 Å². The first-order valence-electron chi connectivity index (χ1n) is 8.14. The molecule has 2 aromatic rings. The van der Waals surface area contributed by atoms with E-state index >= 15 is 0 Å². The number of hydrogen-bond acceptors (Lipinski definition) is 2. The molecular weight excluding hydrogens is 346 g/mol. The lowest BCUT2D eigenvalue weighted by Crippen LogP contribution is -2.47. The van der Waals surface area contributed by atoms with Crippen LogP contribution in [0.3, 0.4) is 0 Å². The summed E-state index contributed by atoms with van der Waals surface area (Å²) in [6.45, 7) is -0.243. The number of benzene rings is 2. The lowest BCUT2D eigenvalue weighted by molar-refractivity contribution is -0.132. The van der Waals surface area contributed by atoms with Gasteiger partial charge in [-0.15, -0.1) is 0 Å². The predicted octanol–water partition coefficient (Wildman–Crippen LogP) is 3.37. The molecule has 25 heavy (non-hydrogen) atoms. The average Bonchev–Trinajstić information content (AvgIpc) is 2.96. The van der Waals surface area contributed by atoms with Crippen molar-refractivity contribution in [3.63, 3.8) is 0 Å². The Balaban J connectivity index is 1.62. The molecule has 130 valence electrons. The first-order valence-corrected chi connectivity index (χ1v) is 8.51. The van der Waals surface area contributed by atoms with Crippen molar-refractivity contribution in [3.8, 4) is 11.1 Å². The molecule has 3 nitrogen and oxygen atoms in total. The second-order valence-electron chi connectivity index (χ2n) is 6.76. The minimum Gasteiger partial charge on any atom is -0.350 e. The van der Waals surface area contributed by atoms with E-state index in [9.17, 15) is 13.6 Å². The molecule has 1 amide bonds. The SMILES string of the molecule is O=C1NC[C@@]2(F)CN(Cc3ccccc3-c3cccc(Cl)c3)C[C@@]12F. The average molecular weight is 363 g/mol. The van der Waals surface area contributed by atoms with E-state index in [-0.39, 0.29) is 19.6 Å². The van der Waals surface area contributed by atoms with E-state index in [2.05, 4.69) is 5.32 Å². The van der Waals surface area contributed by atoms with E-state index in [1.807, 2.05) is 42.5 Å². The van der Waals surface area contributed by atoms with Crippen LogP contribution in [0.1, 0.15) is 5.56 Å². The van der Waals surface area contributed by atoms with Crippen molar-refractivity contribution in [2.75, 3.05) is 19.6 Å². The van der Waals surface area contributed by atoms with Crippen LogP contribution < -0.4 is 5.32 Å². The van der Waals surface area contributed by atoms with Gasteiger partial charge in [-0.3, -0.25) is 9.69 Å². The maximum atomic E-state index is 14.9. The zero-order valence-corrected chi connectivity index (χ0v) is 14.2. The molecule has 2 heterocycles. The standard InChI is InChI=1S/C19H17ClF2N2O/c20-15-6-3-5-13(8-15)16-7-2-1-4-14(16)9-24-11-18(21)10-23-17(25)19(18,22)12-24/h1-8H,9-12H2,(H,23,25)/t18-,19-/m1/s1. The molecule has 0 bridgehead atoms. The van der Waals surface area contributed by atoms with Gasteiger partial charge in [0, 0.05) is 24.7 Å². The van der Waals surface area contributed by atoms with E-state index in [4.69, 9.17) is 11.6 Å². The topological polar surface area (TPSA) is 32.3 Å². The fourth-order valence-electron chi connectivity index (χ4n) is 3.77. The second kappa shape index (κ2) is 5.78. The van der Waals surface area contributed by atoms with Crippen LogP contribution in [-0.4, -0.2) is 41.8 Å². The van der Waals surface area contributed by atoms with Crippen LogP contribution in [0.4, 0.5) is 8.78 Å². The summed E-state index contributed by atoms with van der Waals surface area (Å²) < 4.78 is 29.7. The number of nitrogens with zero attached hydrogens (tertiary/aromatic N) is 1. The van der Waals surface area contributed by atoms with Crippen molar-refractivity contribution in [2.24, 2.45) is 0 Å². The summed E-state index contributed by atoms with van der Waals surface area (Å²) in [5, 5.41) is 2.93. The molecule has 1 N–H and O–H groups in total. The lowest BCUT2D eigenvalue weighted by atomic mass is 9.93. The molecule has 2 atom stereocenters. The quantitative estimate of drug-likeness (QED) is 0.908. The monoisotopic (exact) mass is 362 g/mol. The molecule has 6 heteroatoms. The van der Waals surface area contributed by atoms with Crippen molar-refractivity contribution < 1.29 is 13.6 Å². The van der Waals surface area contributed by atoms with Crippen LogP contribution >= 0.6 is 11.6 Å². The van der Waals surface area contributed by atoms with Crippen molar-refractivity contribution in [2.45, 2.75) is 17.9 Å². The number of amides is 1. The molecule has 2 aliphatic heterocycles. The zero-order chi connectivity index (χ0) is 17.7. The highest BCUT2D eigenvalue weighted by Crippen LogP contribution is 2.42. The largest absolute Gasteiger partial charge is 0.350 e. The van der Waals surface area contributed by atoms with E-state index in [1.165, 1.54) is 0 Å². The minimum absolute atomic E-state index is 0.105. The molecule has 2 aromatic carbocycles. The van der Waals surface area contributed by atoms with Gasteiger partial charge in [-0.25, -0.2) is 8.78 Å². The lowest BCUT2D eigenvalue weighted by Gasteiger charge is -2.20. The summed E-state index contributed by atoms with van der Waals surface area (Å²) in [4.78, 5) is 13.4. The van der Waals surface area contributed by atoms with Crippen molar-refractivity contribution >= 4 is 17.5 Å². The van der Waals surface area contributed by atoms with Gasteiger partial charge < -0.3 is 5.32 Å². The van der Waals surface area contributed by atoms with Crippen LogP contribution in [0.25, 0.3) is 11.1 Å². The molecule has 0 spiro atoms. The van der Waals surface area contributed by atoms with Crippen LogP contribution in [0.15, 0.2) is 48.5 Å². The van der Waals surface area contributed by atoms with Gasteiger partial charge in [0.05, 0.1) is 6.54 Å². The third kappa shape index (κ3) is 2.62. The number of halogens is 3. The number of likely N-dealkylation sites (tertiary alicyclic amines) is 1. The second-order valence-corrected chi connectivity index (χ2v) is 7.20. The number of rotatable bonds is 3. The maximum absolute atomic E-state index is 14.9. The predicted molar refractivity (Wildman–Crippen MR) is 92.9 cm³/mol. The molecule has 4 rings (SSSR count). The molecule has 0 saturated carbocycles. The maximum Gasteiger partial charge on any atom is 0.262 e. The Morgan fingerprint density at radius 2 is 1.92 bits per heavy atom. The highest BCUT2D eigenvalue weighted by Gasteiger charge is 2.68. The number of carbonyl (C=O) groups excluding carboxylic acids is 1. The first-order chi connectivity index (χ1) is 11.9. The fourth-order valence-corrected chi connectivity index (χ4v) is 3.96. The molecule has 0 aliphatic carbocycles. The molecule has 0 unspecified atom stereocenters. The summed E-state index contributed by atoms with van der Waals surface area (Å²) in [6.07, 6.45) is 0. The van der Waals surface area contributed by atoms with Crippen molar-refractivity contribution in [1.82, 2.24) is 10.2 Å². The number of alkyl halides is 2. The number of nitrogens with one attached hydrogen (secondary N) is 1. The van der Waals surface area contributed by atoms with Crippen molar-refractivity contribution in [3.05, 3.63) is 59.1 Å². The van der Waals surface area contributed by atoms with Gasteiger partial charge in [0.15, 0.2) is 5.67 Å². The highest BCUT2D eigenvalue weighted by molar-refractivity contribution is 6.30. The molecule has 2 aliphatic rings. The summed E-state index contributed by atoms with van der Waals surface area (Å²) in [6, 6.07) is 15.2. The number of hydrogen-bond donors (Lipinski definition) is 1. The van der Waals surface area contributed by atoms with E-state index in [1.54, 1.807) is 11.0 Å². The van der Waals surface area contributed by atoms with Crippen LogP contribution in [0.5, 0.6) is 0 Å². The van der Waals surface area contributed by atoms with Gasteiger partial charge >= 0.3 is 0 Å². The van der Waals surface area contributed by atoms with Gasteiger partial charge in [-0.05, 0) is 28.8 Å². The summed E-state index contributed by atoms with van der Waals surface area (Å²) in [7, 11) is 0. The summed E-state index contributed by atoms with van der Waals surface area (Å²) in [5.74, 6) is -0.847. The molecule has 2 saturated heterocycles. The van der Waals surface area contributed by atoms with Crippen molar-refractivity contribution in [1.29, 1.82) is 0 Å². The van der Waals surface area contributed by atoms with Crippen LogP contribution in [0, 0.1) is 0 Å². The molecule has 0 aromatic heterocycles. The molecule has 0 radical (unpaired) electrons. The van der Waals surface area contributed by atoms with Gasteiger partial charge in [-0.2, -0.15) is 0 Å². The minimum atomic E-state index is -2.46. The Hall–Kier alpha value is -1.98. The summed E-state index contributed by atoms with van der Waals surface area (Å²) >= 11 is 6.08. The van der Waals surface area contributed by atoms with Gasteiger partial charge in [0.25, 0.3) is 5.91 Å². The smallest absolute Gasteiger partial charge is 0.262 e. The third-order valence-electron chi connectivity index (χ3n) is 5.06. The first kappa shape index (κ1) is 16.5. The number of carbonyl (C=O) groups is 1. The Labute approximate surface area is 149 Å². The van der Waals surface area contributed by atoms with E-state index in [0.29, 0.717) is 11.6 Å². The third-order valence-corrected chi connectivity index (χ3v) is 5.30. The van der Waals surface area contributed by atoms with E-state index in [0.717, 1.165) is 16.7 Å². The summed E-state index contributed by atoms with van der Waals surface area (Å²) in [5.41, 5.74) is -1.76. The molecule has 2 fully saturated rings. The van der Waals surface area contributed by atoms with E-state index < -0.39 is 17.2 Å². The molecular formula is C19H17ClF2N2O. The van der Waals surface area contributed by atoms with Gasteiger partial charge in [0.1, 0.15) is 0 Å². The van der Waals surface area contributed by atoms with Gasteiger partial charge in [-0.1, -0.05) is 48.0 Å². The Bertz CT molecular complexity index is 846. The Kier molecular flexibility index (Phi) is 3.81. The van der Waals surface area contributed by atoms with Gasteiger partial charge in [0.2, 0.25) is 5.67 Å². The Morgan fingerprint density at radius 3 is 2.68 bits per heavy atom. The highest BCUT2D eigenvalue weighted by atomic mass is 35.5. The fraction of sp³-hybridized carbons (Fsp3) is 0.316. The zero-order valence-electron chi connectivity index (χ0n) is 13.4.